The van der Waals surface area contributed by atoms with Crippen molar-refractivity contribution in [3.63, 3.8) is 0 Å². The largest absolute Gasteiger partial charge is 0.573 e. The van der Waals surface area contributed by atoms with Crippen LogP contribution in [-0.4, -0.2) is 12.3 Å². The number of anilines is 1. The summed E-state index contributed by atoms with van der Waals surface area (Å²) in [5.74, 6) is -0.318. The van der Waals surface area contributed by atoms with Gasteiger partial charge in [-0.25, -0.2) is 0 Å². The van der Waals surface area contributed by atoms with Crippen molar-refractivity contribution in [1.29, 1.82) is 0 Å². The Balaban J connectivity index is 1.73. The maximum atomic E-state index is 12.3. The number of nitrogens with one attached hydrogen (secondary N) is 1. The van der Waals surface area contributed by atoms with E-state index < -0.39 is 6.36 Å². The van der Waals surface area contributed by atoms with Crippen LogP contribution >= 0.6 is 0 Å². The Bertz CT molecular complexity index is 833. The second-order valence-electron chi connectivity index (χ2n) is 5.77. The van der Waals surface area contributed by atoms with Crippen molar-refractivity contribution in [2.75, 3.05) is 5.32 Å². The highest BCUT2D eigenvalue weighted by atomic mass is 19.4. The molecule has 1 atom stereocenters. The van der Waals surface area contributed by atoms with E-state index in [1.807, 2.05) is 12.1 Å². The van der Waals surface area contributed by atoms with E-state index >= 15 is 0 Å². The second-order valence-corrected chi connectivity index (χ2v) is 5.77. The monoisotopic (exact) mass is 363 g/mol. The average molecular weight is 363 g/mol. The van der Waals surface area contributed by atoms with Crippen LogP contribution in [0.3, 0.4) is 0 Å². The van der Waals surface area contributed by atoms with Crippen LogP contribution in [0.2, 0.25) is 0 Å². The maximum Gasteiger partial charge on any atom is 0.573 e. The van der Waals surface area contributed by atoms with Crippen LogP contribution in [0.25, 0.3) is 0 Å². The standard InChI is InChI=1S/C19H16F3NO3/c1-2-18(24)23-13-7-8-16-12(10-13)6-9-17(16)25-14-4-3-5-15(11-14)26-19(20,21)22/h2-5,7-8,10-11,17H,1,6,9H2,(H,23,24). The molecule has 2 aromatic carbocycles. The van der Waals surface area contributed by atoms with Gasteiger partial charge in [0.05, 0.1) is 0 Å². The van der Waals surface area contributed by atoms with Crippen LogP contribution in [0, 0.1) is 0 Å². The first kappa shape index (κ1) is 17.8. The Morgan fingerprint density at radius 3 is 2.69 bits per heavy atom. The van der Waals surface area contributed by atoms with Gasteiger partial charge in [-0.15, -0.1) is 13.2 Å². The highest BCUT2D eigenvalue weighted by Crippen LogP contribution is 2.37. The summed E-state index contributed by atoms with van der Waals surface area (Å²) < 4.78 is 46.7. The van der Waals surface area contributed by atoms with Gasteiger partial charge in [0, 0.05) is 11.8 Å². The molecule has 1 N–H and O–H groups in total. The predicted molar refractivity (Wildman–Crippen MR) is 90.1 cm³/mol. The fourth-order valence-electron chi connectivity index (χ4n) is 2.88. The zero-order valence-electron chi connectivity index (χ0n) is 13.7. The van der Waals surface area contributed by atoms with Crippen LogP contribution < -0.4 is 14.8 Å². The number of hydrogen-bond acceptors (Lipinski definition) is 3. The molecule has 0 saturated heterocycles. The number of benzene rings is 2. The lowest BCUT2D eigenvalue weighted by Crippen LogP contribution is -2.17. The summed E-state index contributed by atoms with van der Waals surface area (Å²) in [6.45, 7) is 3.40. The van der Waals surface area contributed by atoms with Crippen LogP contribution in [0.4, 0.5) is 18.9 Å². The summed E-state index contributed by atoms with van der Waals surface area (Å²) in [5, 5.41) is 2.69. The zero-order chi connectivity index (χ0) is 18.7. The predicted octanol–water partition coefficient (Wildman–Crippen LogP) is 4.78. The van der Waals surface area contributed by atoms with Crippen molar-refractivity contribution in [2.24, 2.45) is 0 Å². The minimum absolute atomic E-state index is 0.268. The fraction of sp³-hybridized carbons (Fsp3) is 0.211. The number of ether oxygens (including phenoxy) is 2. The number of alkyl halides is 3. The Kier molecular flexibility index (Phi) is 4.88. The van der Waals surface area contributed by atoms with E-state index in [0.29, 0.717) is 17.9 Å². The van der Waals surface area contributed by atoms with Crippen molar-refractivity contribution in [3.8, 4) is 11.5 Å². The molecule has 1 aliphatic carbocycles. The molecule has 136 valence electrons. The maximum absolute atomic E-state index is 12.3. The van der Waals surface area contributed by atoms with Gasteiger partial charge in [0.1, 0.15) is 17.6 Å². The molecule has 0 saturated carbocycles. The highest BCUT2D eigenvalue weighted by Gasteiger charge is 2.31. The summed E-state index contributed by atoms with van der Waals surface area (Å²) in [4.78, 5) is 11.4. The van der Waals surface area contributed by atoms with Crippen LogP contribution in [0.1, 0.15) is 23.7 Å². The van der Waals surface area contributed by atoms with Gasteiger partial charge in [-0.2, -0.15) is 0 Å². The molecule has 4 nitrogen and oxygen atoms in total. The number of fused-ring (bicyclic) bond motifs is 1. The Morgan fingerprint density at radius 1 is 1.19 bits per heavy atom. The van der Waals surface area contributed by atoms with Crippen molar-refractivity contribution in [2.45, 2.75) is 25.3 Å². The van der Waals surface area contributed by atoms with E-state index in [9.17, 15) is 18.0 Å². The number of aryl methyl sites for hydroxylation is 1. The molecule has 1 unspecified atom stereocenters. The van der Waals surface area contributed by atoms with Gasteiger partial charge >= 0.3 is 6.36 Å². The number of rotatable bonds is 5. The summed E-state index contributed by atoms with van der Waals surface area (Å²) in [6.07, 6.45) is -2.38. The number of halogens is 3. The number of amides is 1. The van der Waals surface area contributed by atoms with Crippen LogP contribution in [0.5, 0.6) is 11.5 Å². The normalized spacial score (nSPS) is 15.9. The van der Waals surface area contributed by atoms with Gasteiger partial charge in [0.2, 0.25) is 5.91 Å². The third-order valence-corrected chi connectivity index (χ3v) is 3.94. The van der Waals surface area contributed by atoms with Crippen molar-refractivity contribution in [3.05, 3.63) is 66.2 Å². The first-order valence-corrected chi connectivity index (χ1v) is 7.93. The Hall–Kier alpha value is -2.96. The van der Waals surface area contributed by atoms with E-state index in [1.165, 1.54) is 24.3 Å². The average Bonchev–Trinajstić information content (AvgIpc) is 2.95. The highest BCUT2D eigenvalue weighted by molar-refractivity contribution is 5.98. The molecule has 2 aromatic rings. The van der Waals surface area contributed by atoms with Gasteiger partial charge in [-0.1, -0.05) is 18.7 Å². The van der Waals surface area contributed by atoms with Crippen molar-refractivity contribution >= 4 is 11.6 Å². The van der Waals surface area contributed by atoms with E-state index in [1.54, 1.807) is 12.1 Å². The van der Waals surface area contributed by atoms with E-state index in [2.05, 4.69) is 16.6 Å². The second kappa shape index (κ2) is 7.11. The van der Waals surface area contributed by atoms with Crippen molar-refractivity contribution < 1.29 is 27.4 Å². The quantitative estimate of drug-likeness (QED) is 0.778. The van der Waals surface area contributed by atoms with Gasteiger partial charge in [-0.3, -0.25) is 4.79 Å². The number of carbonyl (C=O) groups is 1. The first-order chi connectivity index (χ1) is 12.3. The van der Waals surface area contributed by atoms with Gasteiger partial charge < -0.3 is 14.8 Å². The van der Waals surface area contributed by atoms with Gasteiger partial charge in [0.15, 0.2) is 0 Å². The van der Waals surface area contributed by atoms with E-state index in [4.69, 9.17) is 4.74 Å². The molecular formula is C19H16F3NO3. The lowest BCUT2D eigenvalue weighted by atomic mass is 10.1. The first-order valence-electron chi connectivity index (χ1n) is 7.93. The number of carbonyl (C=O) groups excluding carboxylic acids is 1. The molecule has 1 amide bonds. The molecule has 0 bridgehead atoms. The Labute approximate surface area is 148 Å². The molecule has 0 heterocycles. The minimum atomic E-state index is -4.75. The minimum Gasteiger partial charge on any atom is -0.486 e. The summed E-state index contributed by atoms with van der Waals surface area (Å²) >= 11 is 0. The zero-order valence-corrected chi connectivity index (χ0v) is 13.7. The lowest BCUT2D eigenvalue weighted by Gasteiger charge is -2.16. The summed E-state index contributed by atoms with van der Waals surface area (Å²) in [7, 11) is 0. The fourth-order valence-corrected chi connectivity index (χ4v) is 2.88. The molecule has 0 radical (unpaired) electrons. The molecular weight excluding hydrogens is 347 g/mol. The molecule has 3 rings (SSSR count). The van der Waals surface area contributed by atoms with Crippen molar-refractivity contribution in [1.82, 2.24) is 0 Å². The summed E-state index contributed by atoms with van der Waals surface area (Å²) in [5.41, 5.74) is 2.64. The van der Waals surface area contributed by atoms with Crippen LogP contribution in [-0.2, 0) is 11.2 Å². The lowest BCUT2D eigenvalue weighted by molar-refractivity contribution is -0.274. The van der Waals surface area contributed by atoms with Gasteiger partial charge in [0.25, 0.3) is 0 Å². The SMILES string of the molecule is C=CC(=O)Nc1ccc2c(c1)CCC2Oc1cccc(OC(F)(F)F)c1. The third-order valence-electron chi connectivity index (χ3n) is 3.94. The smallest absolute Gasteiger partial charge is 0.486 e. The molecule has 0 spiro atoms. The summed E-state index contributed by atoms with van der Waals surface area (Å²) in [6, 6.07) is 10.9. The molecule has 1 aliphatic rings. The van der Waals surface area contributed by atoms with Crippen LogP contribution in [0.15, 0.2) is 55.1 Å². The third kappa shape index (κ3) is 4.36. The van der Waals surface area contributed by atoms with Gasteiger partial charge in [-0.05, 0) is 54.3 Å². The molecule has 7 heteroatoms. The molecule has 0 aliphatic heterocycles. The van der Waals surface area contributed by atoms with E-state index in [0.717, 1.165) is 17.5 Å². The topological polar surface area (TPSA) is 47.6 Å². The number of hydrogen-bond donors (Lipinski definition) is 1. The molecule has 0 fully saturated rings. The molecule has 0 aromatic heterocycles. The Morgan fingerprint density at radius 2 is 1.96 bits per heavy atom. The molecule has 26 heavy (non-hydrogen) atoms. The van der Waals surface area contributed by atoms with E-state index in [-0.39, 0.29) is 17.8 Å².